The first-order valence-corrected chi connectivity index (χ1v) is 11.6. The molecule has 122 valence electrons. The minimum Gasteiger partial charge on any atom is -0.748 e. The van der Waals surface area contributed by atoms with Crippen LogP contribution >= 0.6 is 34.9 Å². The van der Waals surface area contributed by atoms with Gasteiger partial charge in [0.05, 0.1) is 20.2 Å². The summed E-state index contributed by atoms with van der Waals surface area (Å²) in [5, 5.41) is 7.76. The molecule has 15 heteroatoms. The van der Waals surface area contributed by atoms with E-state index in [2.05, 4.69) is 10.2 Å². The van der Waals surface area contributed by atoms with Crippen LogP contribution in [0.5, 0.6) is 0 Å². The topological polar surface area (TPSA) is 140 Å². The van der Waals surface area contributed by atoms with Crippen molar-refractivity contribution in [2.24, 2.45) is 0 Å². The van der Waals surface area contributed by atoms with Crippen LogP contribution in [0.25, 0.3) is 0 Å². The van der Waals surface area contributed by atoms with Crippen molar-refractivity contribution in [2.45, 2.75) is 21.5 Å². The van der Waals surface area contributed by atoms with E-state index in [9.17, 15) is 25.9 Å². The summed E-state index contributed by atoms with van der Waals surface area (Å²) in [6.07, 6.45) is 0.500. The minimum absolute atomic E-state index is 0. The molecule has 0 unspecified atom stereocenters. The summed E-state index contributed by atoms with van der Waals surface area (Å²) >= 11 is 3.91. The fraction of sp³-hybridized carbons (Fsp3) is 0.750. The van der Waals surface area contributed by atoms with Crippen LogP contribution in [0.3, 0.4) is 0 Å². The summed E-state index contributed by atoms with van der Waals surface area (Å²) in [5.74, 6) is 0.110. The standard InChI is InChI=1S/C8H14N2O6S5.2K/c11-20(12,13)5-1-3-17-7-9-10-8(19-7)18-4-2-6-21(14,15)16;;/h1-6H2,(H,11,12,13)(H,14,15,16);;/q;2*+1/p-2. The molecule has 0 aliphatic rings. The molecule has 1 aromatic rings. The Hall–Kier alpha value is 3.35. The van der Waals surface area contributed by atoms with Crippen molar-refractivity contribution < 1.29 is 129 Å². The molecule has 1 aromatic heterocycles. The van der Waals surface area contributed by atoms with Gasteiger partial charge < -0.3 is 9.11 Å². The van der Waals surface area contributed by atoms with E-state index in [1.165, 1.54) is 34.9 Å². The second kappa shape index (κ2) is 14.4. The Bertz CT molecular complexity index is 595. The van der Waals surface area contributed by atoms with Gasteiger partial charge in [-0.2, -0.15) is 0 Å². The maximum atomic E-state index is 10.4. The molecular weight excluding hydrogens is 459 g/mol. The number of hydrogen-bond donors (Lipinski definition) is 0. The summed E-state index contributed by atoms with van der Waals surface area (Å²) in [4.78, 5) is 0. The second-order valence-corrected chi connectivity index (χ2v) is 10.5. The zero-order valence-corrected chi connectivity index (χ0v) is 23.0. The Morgan fingerprint density at radius 2 is 1.17 bits per heavy atom. The van der Waals surface area contributed by atoms with E-state index in [0.29, 0.717) is 20.2 Å². The van der Waals surface area contributed by atoms with E-state index < -0.39 is 31.7 Å². The average molecular weight is 471 g/mol. The zero-order valence-electron chi connectivity index (χ0n) is 12.6. The molecule has 0 spiro atoms. The average Bonchev–Trinajstić information content (AvgIpc) is 2.76. The summed E-state index contributed by atoms with van der Waals surface area (Å²) < 4.78 is 63.7. The predicted octanol–water partition coefficient (Wildman–Crippen LogP) is -5.40. The third-order valence-corrected chi connectivity index (χ3v) is 6.86. The quantitative estimate of drug-likeness (QED) is 0.141. The zero-order chi connectivity index (χ0) is 15.9. The maximum Gasteiger partial charge on any atom is 1.00 e. The summed E-state index contributed by atoms with van der Waals surface area (Å²) in [6, 6.07) is 0. The van der Waals surface area contributed by atoms with Crippen molar-refractivity contribution >= 4 is 55.1 Å². The van der Waals surface area contributed by atoms with Crippen LogP contribution in [0.1, 0.15) is 12.8 Å². The van der Waals surface area contributed by atoms with Gasteiger partial charge in [0.25, 0.3) is 0 Å². The summed E-state index contributed by atoms with van der Waals surface area (Å²) in [7, 11) is -8.35. The van der Waals surface area contributed by atoms with Gasteiger partial charge in [-0.05, 0) is 12.8 Å². The molecule has 23 heavy (non-hydrogen) atoms. The molecule has 0 bridgehead atoms. The Morgan fingerprint density at radius 1 is 0.826 bits per heavy atom. The van der Waals surface area contributed by atoms with Crippen molar-refractivity contribution in [1.82, 2.24) is 10.2 Å². The van der Waals surface area contributed by atoms with Crippen LogP contribution in [0.4, 0.5) is 0 Å². The van der Waals surface area contributed by atoms with E-state index >= 15 is 0 Å². The van der Waals surface area contributed by atoms with Crippen molar-refractivity contribution in [3.63, 3.8) is 0 Å². The molecular formula is C8H12K2N2O6S5. The summed E-state index contributed by atoms with van der Waals surface area (Å²) in [5.41, 5.74) is 0. The monoisotopic (exact) mass is 470 g/mol. The first-order valence-electron chi connectivity index (χ1n) is 5.62. The molecule has 0 fully saturated rings. The second-order valence-electron chi connectivity index (χ2n) is 3.76. The number of thioether (sulfide) groups is 2. The van der Waals surface area contributed by atoms with Crippen molar-refractivity contribution in [3.8, 4) is 0 Å². The van der Waals surface area contributed by atoms with E-state index in [1.807, 2.05) is 0 Å². The molecule has 0 aliphatic carbocycles. The number of rotatable bonds is 10. The van der Waals surface area contributed by atoms with Crippen molar-refractivity contribution in [1.29, 1.82) is 0 Å². The van der Waals surface area contributed by atoms with Gasteiger partial charge in [0.2, 0.25) is 0 Å². The van der Waals surface area contributed by atoms with E-state index in [4.69, 9.17) is 0 Å². The Morgan fingerprint density at radius 3 is 1.48 bits per heavy atom. The van der Waals surface area contributed by atoms with Crippen molar-refractivity contribution in [2.75, 3.05) is 23.0 Å². The fourth-order valence-corrected chi connectivity index (χ4v) is 5.51. The molecule has 1 rings (SSSR count). The third-order valence-electron chi connectivity index (χ3n) is 1.92. The van der Waals surface area contributed by atoms with Crippen LogP contribution in [0.2, 0.25) is 0 Å². The van der Waals surface area contributed by atoms with Gasteiger partial charge in [-0.15, -0.1) is 10.2 Å². The molecule has 0 N–H and O–H groups in total. The normalized spacial score (nSPS) is 11.6. The Kier molecular flexibility index (Phi) is 17.8. The van der Waals surface area contributed by atoms with Crippen molar-refractivity contribution in [3.05, 3.63) is 0 Å². The number of nitrogens with zero attached hydrogens (tertiary/aromatic N) is 2. The molecule has 0 aromatic carbocycles. The van der Waals surface area contributed by atoms with Crippen LogP contribution in [0.15, 0.2) is 8.68 Å². The van der Waals surface area contributed by atoms with Gasteiger partial charge >= 0.3 is 103 Å². The van der Waals surface area contributed by atoms with Crippen LogP contribution in [-0.4, -0.2) is 59.1 Å². The molecule has 8 nitrogen and oxygen atoms in total. The minimum atomic E-state index is -4.18. The largest absolute Gasteiger partial charge is 1.00 e. The fourth-order valence-electron chi connectivity index (χ4n) is 1.10. The Balaban J connectivity index is 0. The first kappa shape index (κ1) is 28.6. The maximum absolute atomic E-state index is 10.4. The van der Waals surface area contributed by atoms with Gasteiger partial charge in [0.1, 0.15) is 0 Å². The van der Waals surface area contributed by atoms with Crippen LogP contribution in [-0.2, 0) is 20.2 Å². The molecule has 1 heterocycles. The first-order chi connectivity index (χ1) is 9.66. The van der Waals surface area contributed by atoms with Gasteiger partial charge in [-0.25, -0.2) is 16.8 Å². The van der Waals surface area contributed by atoms with Gasteiger partial charge in [0.15, 0.2) is 8.68 Å². The van der Waals surface area contributed by atoms with E-state index in [-0.39, 0.29) is 116 Å². The number of aromatic nitrogens is 2. The third kappa shape index (κ3) is 17.2. The molecule has 0 amide bonds. The van der Waals surface area contributed by atoms with E-state index in [1.54, 1.807) is 0 Å². The smallest absolute Gasteiger partial charge is 0.748 e. The van der Waals surface area contributed by atoms with Crippen LogP contribution < -0.4 is 103 Å². The Labute approximate surface area is 233 Å². The predicted molar refractivity (Wildman–Crippen MR) is 79.7 cm³/mol. The molecule has 0 atom stereocenters. The summed E-state index contributed by atoms with van der Waals surface area (Å²) in [6.45, 7) is 0. The van der Waals surface area contributed by atoms with Gasteiger partial charge in [-0.3, -0.25) is 0 Å². The van der Waals surface area contributed by atoms with Crippen LogP contribution in [0, 0.1) is 0 Å². The van der Waals surface area contributed by atoms with E-state index in [0.717, 1.165) is 0 Å². The van der Waals surface area contributed by atoms with Gasteiger partial charge in [0, 0.05) is 23.0 Å². The van der Waals surface area contributed by atoms with Gasteiger partial charge in [-0.1, -0.05) is 34.9 Å². The number of hydrogen-bond acceptors (Lipinski definition) is 11. The molecule has 0 radical (unpaired) electrons. The molecule has 0 saturated carbocycles. The SMILES string of the molecule is O=S(=O)([O-])CCCSc1nnc(SCCCS(=O)(=O)[O-])s1.[K+].[K+]. The molecule has 0 saturated heterocycles. The molecule has 0 aliphatic heterocycles.